The van der Waals surface area contributed by atoms with Gasteiger partial charge in [0.2, 0.25) is 5.91 Å². The molecule has 0 aromatic heterocycles. The Hall–Kier alpha value is -1.90. The van der Waals surface area contributed by atoms with Crippen molar-refractivity contribution in [2.45, 2.75) is 52.5 Å². The Morgan fingerprint density at radius 2 is 1.95 bits per heavy atom. The van der Waals surface area contributed by atoms with Gasteiger partial charge in [-0.1, -0.05) is 0 Å². The zero-order valence-electron chi connectivity index (χ0n) is 13.0. The van der Waals surface area contributed by atoms with E-state index in [9.17, 15) is 19.6 Å². The molecule has 21 heavy (non-hydrogen) atoms. The molecule has 0 saturated heterocycles. The molecular formula is C15H22N2O4. The van der Waals surface area contributed by atoms with Crippen molar-refractivity contribution >= 4 is 17.7 Å². The van der Waals surface area contributed by atoms with E-state index in [1.54, 1.807) is 13.8 Å². The van der Waals surface area contributed by atoms with Crippen molar-refractivity contribution < 1.29 is 19.1 Å². The number of hydrogen-bond donors (Lipinski definition) is 1. The van der Waals surface area contributed by atoms with Gasteiger partial charge >= 0.3 is 5.97 Å². The number of hydrogen-bond acceptors (Lipinski definition) is 5. The van der Waals surface area contributed by atoms with Gasteiger partial charge in [0.25, 0.3) is 0 Å². The van der Waals surface area contributed by atoms with Crippen LogP contribution in [-0.2, 0) is 19.1 Å². The first-order valence-corrected chi connectivity index (χ1v) is 7.08. The van der Waals surface area contributed by atoms with E-state index in [2.05, 4.69) is 11.4 Å². The zero-order chi connectivity index (χ0) is 16.3. The minimum Gasteiger partial charge on any atom is -0.465 e. The maximum absolute atomic E-state index is 12.3. The number of ether oxygens (including phenoxy) is 1. The molecule has 0 spiro atoms. The number of ketones is 1. The fourth-order valence-electron chi connectivity index (χ4n) is 3.27. The third-order valence-electron chi connectivity index (χ3n) is 4.19. The van der Waals surface area contributed by atoms with Crippen molar-refractivity contribution in [3.05, 3.63) is 0 Å². The molecule has 6 heteroatoms. The van der Waals surface area contributed by atoms with Gasteiger partial charge in [-0.25, -0.2) is 0 Å². The Labute approximate surface area is 124 Å². The van der Waals surface area contributed by atoms with E-state index in [0.29, 0.717) is 6.42 Å². The molecule has 0 bridgehead atoms. The Morgan fingerprint density at radius 1 is 1.33 bits per heavy atom. The maximum atomic E-state index is 12.3. The molecule has 116 valence electrons. The van der Waals surface area contributed by atoms with Gasteiger partial charge in [0.15, 0.2) is 5.41 Å². The lowest BCUT2D eigenvalue weighted by molar-refractivity contribution is -0.155. The summed E-state index contributed by atoms with van der Waals surface area (Å²) in [5.41, 5.74) is -2.14. The van der Waals surface area contributed by atoms with E-state index in [1.165, 1.54) is 13.8 Å². The maximum Gasteiger partial charge on any atom is 0.326 e. The first-order chi connectivity index (χ1) is 9.71. The largest absolute Gasteiger partial charge is 0.465 e. The van der Waals surface area contributed by atoms with E-state index in [1.807, 2.05) is 0 Å². The lowest BCUT2D eigenvalue weighted by Crippen LogP contribution is -2.53. The molecule has 1 fully saturated rings. The summed E-state index contributed by atoms with van der Waals surface area (Å²) in [5.74, 6) is -1.56. The quantitative estimate of drug-likeness (QED) is 0.772. The van der Waals surface area contributed by atoms with Gasteiger partial charge in [-0.2, -0.15) is 5.26 Å². The van der Waals surface area contributed by atoms with E-state index >= 15 is 0 Å². The van der Waals surface area contributed by atoms with Crippen LogP contribution in [0.2, 0.25) is 0 Å². The molecule has 6 nitrogen and oxygen atoms in total. The molecule has 1 aliphatic carbocycles. The van der Waals surface area contributed by atoms with E-state index in [0.717, 1.165) is 0 Å². The minimum absolute atomic E-state index is 0.0587. The summed E-state index contributed by atoms with van der Waals surface area (Å²) in [6.45, 7) is 6.42. The number of Topliss-reactive ketones (excluding diaryl/α,β-unsaturated/α-hetero) is 1. The second-order valence-corrected chi connectivity index (χ2v) is 5.86. The number of nitrogens with zero attached hydrogens (tertiary/aromatic N) is 1. The van der Waals surface area contributed by atoms with Crippen LogP contribution in [0.1, 0.15) is 47.0 Å². The lowest BCUT2D eigenvalue weighted by atomic mass is 9.71. The van der Waals surface area contributed by atoms with E-state index < -0.39 is 22.8 Å². The van der Waals surface area contributed by atoms with Crippen molar-refractivity contribution in [1.29, 1.82) is 5.26 Å². The highest BCUT2D eigenvalue weighted by Gasteiger charge is 2.60. The highest BCUT2D eigenvalue weighted by molar-refractivity contribution is 5.84. The summed E-state index contributed by atoms with van der Waals surface area (Å²) in [6, 6.07) is 2.07. The zero-order valence-corrected chi connectivity index (χ0v) is 13.0. The Balaban J connectivity index is 3.25. The average Bonchev–Trinajstić information content (AvgIpc) is 2.63. The Bertz CT molecular complexity index is 496. The number of carbonyl (C=O) groups is 3. The highest BCUT2D eigenvalue weighted by atomic mass is 16.5. The number of rotatable bonds is 5. The predicted molar refractivity (Wildman–Crippen MR) is 74.9 cm³/mol. The van der Waals surface area contributed by atoms with Crippen LogP contribution in [0, 0.1) is 22.7 Å². The first-order valence-electron chi connectivity index (χ1n) is 7.08. The van der Waals surface area contributed by atoms with Crippen LogP contribution in [0.15, 0.2) is 0 Å². The molecule has 1 amide bonds. The standard InChI is InChI=1S/C15H22N2O4/c1-5-21-13(20)15(9-16)7-6-14(4,17-11(3)19)12(15)8-10(2)18/h12H,5-8H2,1-4H3,(H,17,19)/t12-,14+,15+/m0/s1. The van der Waals surface area contributed by atoms with Crippen molar-refractivity contribution in [2.24, 2.45) is 11.3 Å². The van der Waals surface area contributed by atoms with Gasteiger partial charge in [0, 0.05) is 24.8 Å². The first kappa shape index (κ1) is 17.2. The van der Waals surface area contributed by atoms with Gasteiger partial charge in [0.05, 0.1) is 12.7 Å². The number of esters is 1. The summed E-state index contributed by atoms with van der Waals surface area (Å²) >= 11 is 0. The highest BCUT2D eigenvalue weighted by Crippen LogP contribution is 2.51. The van der Waals surface area contributed by atoms with Crippen LogP contribution < -0.4 is 5.32 Å². The average molecular weight is 294 g/mol. The molecule has 1 aliphatic rings. The number of nitriles is 1. The summed E-state index contributed by atoms with van der Waals surface area (Å²) in [6.07, 6.45) is 0.789. The molecule has 0 aromatic rings. The Kier molecular flexibility index (Phi) is 5.10. The fraction of sp³-hybridized carbons (Fsp3) is 0.733. The van der Waals surface area contributed by atoms with E-state index in [-0.39, 0.29) is 31.1 Å². The molecule has 0 unspecified atom stereocenters. The van der Waals surface area contributed by atoms with E-state index in [4.69, 9.17) is 4.74 Å². The second-order valence-electron chi connectivity index (χ2n) is 5.86. The number of amides is 1. The van der Waals surface area contributed by atoms with Crippen molar-refractivity contribution in [2.75, 3.05) is 6.61 Å². The topological polar surface area (TPSA) is 96.3 Å². The molecule has 0 aromatic carbocycles. The number of nitrogens with one attached hydrogen (secondary N) is 1. The van der Waals surface area contributed by atoms with Crippen LogP contribution in [0.4, 0.5) is 0 Å². The van der Waals surface area contributed by atoms with Crippen LogP contribution >= 0.6 is 0 Å². The molecule has 0 heterocycles. The van der Waals surface area contributed by atoms with Crippen molar-refractivity contribution in [1.82, 2.24) is 5.32 Å². The molecular weight excluding hydrogens is 272 g/mol. The summed E-state index contributed by atoms with van der Waals surface area (Å²) < 4.78 is 5.04. The monoisotopic (exact) mass is 294 g/mol. The molecule has 1 N–H and O–H groups in total. The normalized spacial score (nSPS) is 31.3. The molecule has 1 rings (SSSR count). The van der Waals surface area contributed by atoms with Crippen LogP contribution in [0.25, 0.3) is 0 Å². The lowest BCUT2D eigenvalue weighted by Gasteiger charge is -2.36. The third kappa shape index (κ3) is 3.23. The van der Waals surface area contributed by atoms with Gasteiger partial charge in [-0.15, -0.1) is 0 Å². The van der Waals surface area contributed by atoms with Crippen LogP contribution in [0.3, 0.4) is 0 Å². The van der Waals surface area contributed by atoms with Gasteiger partial charge in [0.1, 0.15) is 5.78 Å². The minimum atomic E-state index is -1.38. The summed E-state index contributed by atoms with van der Waals surface area (Å²) in [5, 5.41) is 12.4. The molecule has 1 saturated carbocycles. The third-order valence-corrected chi connectivity index (χ3v) is 4.19. The molecule has 0 aliphatic heterocycles. The van der Waals surface area contributed by atoms with Crippen LogP contribution in [-0.4, -0.2) is 29.8 Å². The SMILES string of the molecule is CCOC(=O)[C@@]1(C#N)CC[C@@](C)(NC(C)=O)[C@@H]1CC(C)=O. The summed E-state index contributed by atoms with van der Waals surface area (Å²) in [7, 11) is 0. The van der Waals surface area contributed by atoms with Gasteiger partial charge in [-0.05, 0) is 33.6 Å². The van der Waals surface area contributed by atoms with Crippen LogP contribution in [0.5, 0.6) is 0 Å². The van der Waals surface area contributed by atoms with Crippen molar-refractivity contribution in [3.63, 3.8) is 0 Å². The molecule has 0 radical (unpaired) electrons. The Morgan fingerprint density at radius 3 is 2.38 bits per heavy atom. The molecule has 3 atom stereocenters. The van der Waals surface area contributed by atoms with Gasteiger partial charge < -0.3 is 14.8 Å². The van der Waals surface area contributed by atoms with Crippen molar-refractivity contribution in [3.8, 4) is 6.07 Å². The fourth-order valence-corrected chi connectivity index (χ4v) is 3.27. The summed E-state index contributed by atoms with van der Waals surface area (Å²) in [4.78, 5) is 35.3. The smallest absolute Gasteiger partial charge is 0.326 e. The predicted octanol–water partition coefficient (Wildman–Crippen LogP) is 1.34. The second kappa shape index (κ2) is 6.25. The number of carbonyl (C=O) groups excluding carboxylic acids is 3. The van der Waals surface area contributed by atoms with Gasteiger partial charge in [-0.3, -0.25) is 9.59 Å².